The normalized spacial score (nSPS) is 16.5. The lowest BCUT2D eigenvalue weighted by Crippen LogP contribution is -2.46. The zero-order valence-electron chi connectivity index (χ0n) is 17.7. The van der Waals surface area contributed by atoms with E-state index in [2.05, 4.69) is 34.2 Å². The van der Waals surface area contributed by atoms with E-state index in [1.165, 1.54) is 18.7 Å². The third-order valence-electron chi connectivity index (χ3n) is 6.14. The second-order valence-electron chi connectivity index (χ2n) is 8.27. The minimum absolute atomic E-state index is 0.199. The van der Waals surface area contributed by atoms with Gasteiger partial charge in [0.05, 0.1) is 0 Å². The Hall–Kier alpha value is -2.76. The summed E-state index contributed by atoms with van der Waals surface area (Å²) in [7, 11) is 0. The minimum Gasteiger partial charge on any atom is -0.451 e. The fourth-order valence-corrected chi connectivity index (χ4v) is 4.61. The number of amides is 1. The highest BCUT2D eigenvalue weighted by molar-refractivity contribution is 6.30. The standard InChI is InChI=1S/C25H26ClN3O2/c1-2-9-28-10-12-29(13-11-28)21-7-8-22-18(15-21)14-19-16-23(31-24(19)25(30)27-22)17-3-5-20(26)6-4-17/h3-8,15-16H,2,9-14H2,1H3,(H,27,30). The van der Waals surface area contributed by atoms with Crippen LogP contribution in [0.25, 0.3) is 11.3 Å². The lowest BCUT2D eigenvalue weighted by atomic mass is 10.0. The number of nitrogens with zero attached hydrogens (tertiary/aromatic N) is 2. The molecular weight excluding hydrogens is 410 g/mol. The van der Waals surface area contributed by atoms with Crippen molar-refractivity contribution >= 4 is 28.9 Å². The summed E-state index contributed by atoms with van der Waals surface area (Å²) in [5.74, 6) is 0.870. The van der Waals surface area contributed by atoms with Crippen molar-refractivity contribution < 1.29 is 9.21 Å². The van der Waals surface area contributed by atoms with Gasteiger partial charge in [-0.25, -0.2) is 0 Å². The smallest absolute Gasteiger partial charge is 0.291 e. The topological polar surface area (TPSA) is 48.7 Å². The molecule has 0 spiro atoms. The van der Waals surface area contributed by atoms with Crippen molar-refractivity contribution in [2.45, 2.75) is 19.8 Å². The first-order valence-electron chi connectivity index (χ1n) is 10.9. The fourth-order valence-electron chi connectivity index (χ4n) is 4.48. The van der Waals surface area contributed by atoms with E-state index in [-0.39, 0.29) is 5.91 Å². The Kier molecular flexibility index (Phi) is 5.47. The Labute approximate surface area is 187 Å². The number of halogens is 1. The summed E-state index contributed by atoms with van der Waals surface area (Å²) in [5, 5.41) is 3.70. The lowest BCUT2D eigenvalue weighted by molar-refractivity contribution is 0.0997. The van der Waals surface area contributed by atoms with E-state index in [4.69, 9.17) is 16.0 Å². The highest BCUT2D eigenvalue weighted by atomic mass is 35.5. The molecular formula is C25H26ClN3O2. The van der Waals surface area contributed by atoms with Crippen LogP contribution in [0.4, 0.5) is 11.4 Å². The van der Waals surface area contributed by atoms with Gasteiger partial charge in [-0.15, -0.1) is 0 Å². The van der Waals surface area contributed by atoms with Crippen LogP contribution < -0.4 is 10.2 Å². The van der Waals surface area contributed by atoms with Crippen LogP contribution in [0.15, 0.2) is 52.9 Å². The Bertz CT molecular complexity index is 1100. The molecule has 6 heteroatoms. The molecule has 0 bridgehead atoms. The van der Waals surface area contributed by atoms with Crippen molar-refractivity contribution in [3.8, 4) is 11.3 Å². The van der Waals surface area contributed by atoms with Crippen LogP contribution in [0.3, 0.4) is 0 Å². The molecule has 0 radical (unpaired) electrons. The molecule has 1 saturated heterocycles. The molecule has 5 rings (SSSR count). The van der Waals surface area contributed by atoms with Crippen LogP contribution in [0.5, 0.6) is 0 Å². The van der Waals surface area contributed by atoms with E-state index in [1.807, 2.05) is 36.4 Å². The predicted molar refractivity (Wildman–Crippen MR) is 125 cm³/mol. The first-order chi connectivity index (χ1) is 15.1. The summed E-state index contributed by atoms with van der Waals surface area (Å²) < 4.78 is 5.97. The van der Waals surface area contributed by atoms with Crippen LogP contribution in [-0.2, 0) is 6.42 Å². The largest absolute Gasteiger partial charge is 0.451 e. The number of piperazine rings is 1. The van der Waals surface area contributed by atoms with Gasteiger partial charge in [-0.1, -0.05) is 18.5 Å². The monoisotopic (exact) mass is 435 g/mol. The average molecular weight is 436 g/mol. The molecule has 1 aromatic heterocycles. The van der Waals surface area contributed by atoms with Crippen molar-refractivity contribution in [1.82, 2.24) is 4.90 Å². The van der Waals surface area contributed by atoms with E-state index in [9.17, 15) is 4.79 Å². The predicted octanol–water partition coefficient (Wildman–Crippen LogP) is 5.29. The second-order valence-corrected chi connectivity index (χ2v) is 8.71. The third-order valence-corrected chi connectivity index (χ3v) is 6.39. The quantitative estimate of drug-likeness (QED) is 0.605. The van der Waals surface area contributed by atoms with Gasteiger partial charge in [0.2, 0.25) is 0 Å². The van der Waals surface area contributed by atoms with Crippen LogP contribution >= 0.6 is 11.6 Å². The van der Waals surface area contributed by atoms with E-state index in [1.54, 1.807) is 0 Å². The van der Waals surface area contributed by atoms with E-state index in [0.717, 1.165) is 48.6 Å². The first-order valence-corrected chi connectivity index (χ1v) is 11.3. The van der Waals surface area contributed by atoms with Crippen molar-refractivity contribution in [3.63, 3.8) is 0 Å². The van der Waals surface area contributed by atoms with Gasteiger partial charge in [-0.2, -0.15) is 0 Å². The SMILES string of the molecule is CCCN1CCN(c2ccc3c(c2)Cc2cc(-c4ccc(Cl)cc4)oc2C(=O)N3)CC1. The van der Waals surface area contributed by atoms with Crippen LogP contribution in [0, 0.1) is 0 Å². The van der Waals surface area contributed by atoms with Gasteiger partial charge >= 0.3 is 0 Å². The van der Waals surface area contributed by atoms with Gasteiger partial charge in [-0.3, -0.25) is 9.69 Å². The molecule has 0 aliphatic carbocycles. The minimum atomic E-state index is -0.199. The van der Waals surface area contributed by atoms with Crippen LogP contribution in [0.1, 0.15) is 35.0 Å². The summed E-state index contributed by atoms with van der Waals surface area (Å²) in [6.07, 6.45) is 1.85. The first kappa shape index (κ1) is 20.2. The van der Waals surface area contributed by atoms with Gasteiger partial charge < -0.3 is 14.6 Å². The molecule has 0 atom stereocenters. The molecule has 1 fully saturated rings. The Balaban J connectivity index is 1.41. The number of carbonyl (C=O) groups excluding carboxylic acids is 1. The molecule has 2 aromatic carbocycles. The number of hydrogen-bond acceptors (Lipinski definition) is 4. The number of benzene rings is 2. The molecule has 5 nitrogen and oxygen atoms in total. The van der Waals surface area contributed by atoms with Gasteiger partial charge in [0.25, 0.3) is 5.91 Å². The number of carbonyl (C=O) groups is 1. The molecule has 1 N–H and O–H groups in total. The second kappa shape index (κ2) is 8.40. The number of furan rings is 1. The van der Waals surface area contributed by atoms with Crippen molar-refractivity contribution in [2.75, 3.05) is 42.9 Å². The highest BCUT2D eigenvalue weighted by Gasteiger charge is 2.25. The van der Waals surface area contributed by atoms with Gasteiger partial charge in [-0.05, 0) is 67.1 Å². The van der Waals surface area contributed by atoms with Crippen molar-refractivity contribution in [2.24, 2.45) is 0 Å². The average Bonchev–Trinajstić information content (AvgIpc) is 3.15. The number of fused-ring (bicyclic) bond motifs is 2. The molecule has 2 aliphatic rings. The molecule has 1 amide bonds. The van der Waals surface area contributed by atoms with Gasteiger partial charge in [0.1, 0.15) is 5.76 Å². The van der Waals surface area contributed by atoms with Gasteiger partial charge in [0, 0.05) is 60.1 Å². The van der Waals surface area contributed by atoms with Crippen LogP contribution in [0.2, 0.25) is 5.02 Å². The summed E-state index contributed by atoms with van der Waals surface area (Å²) in [5.41, 5.74) is 5.01. The Morgan fingerprint density at radius 2 is 1.77 bits per heavy atom. The third kappa shape index (κ3) is 4.08. The summed E-state index contributed by atoms with van der Waals surface area (Å²) in [4.78, 5) is 17.8. The zero-order valence-corrected chi connectivity index (χ0v) is 18.4. The number of hydrogen-bond donors (Lipinski definition) is 1. The summed E-state index contributed by atoms with van der Waals surface area (Å²) in [6, 6.07) is 15.8. The molecule has 160 valence electrons. The molecule has 31 heavy (non-hydrogen) atoms. The fraction of sp³-hybridized carbons (Fsp3) is 0.320. The number of anilines is 2. The molecule has 3 heterocycles. The highest BCUT2D eigenvalue weighted by Crippen LogP contribution is 2.34. The summed E-state index contributed by atoms with van der Waals surface area (Å²) in [6.45, 7) is 7.65. The maximum Gasteiger partial charge on any atom is 0.291 e. The Morgan fingerprint density at radius 1 is 1.00 bits per heavy atom. The van der Waals surface area contributed by atoms with Gasteiger partial charge in [0.15, 0.2) is 5.76 Å². The molecule has 2 aliphatic heterocycles. The van der Waals surface area contributed by atoms with Crippen molar-refractivity contribution in [3.05, 3.63) is 70.4 Å². The van der Waals surface area contributed by atoms with E-state index < -0.39 is 0 Å². The van der Waals surface area contributed by atoms with E-state index in [0.29, 0.717) is 23.0 Å². The summed E-state index contributed by atoms with van der Waals surface area (Å²) >= 11 is 6.00. The number of nitrogens with one attached hydrogen (secondary N) is 1. The van der Waals surface area contributed by atoms with E-state index >= 15 is 0 Å². The molecule has 3 aromatic rings. The lowest BCUT2D eigenvalue weighted by Gasteiger charge is -2.36. The molecule has 0 saturated carbocycles. The zero-order chi connectivity index (χ0) is 21.4. The van der Waals surface area contributed by atoms with Crippen LogP contribution in [-0.4, -0.2) is 43.5 Å². The van der Waals surface area contributed by atoms with Crippen molar-refractivity contribution in [1.29, 1.82) is 0 Å². The maximum absolute atomic E-state index is 12.8. The molecule has 0 unspecified atom stereocenters. The number of rotatable bonds is 4. The Morgan fingerprint density at radius 3 is 2.52 bits per heavy atom. The maximum atomic E-state index is 12.8.